The van der Waals surface area contributed by atoms with E-state index in [1.54, 1.807) is 0 Å². The third kappa shape index (κ3) is 2.64. The van der Waals surface area contributed by atoms with Crippen molar-refractivity contribution in [3.63, 3.8) is 0 Å². The maximum Gasteiger partial charge on any atom is 0.418 e. The van der Waals surface area contributed by atoms with Gasteiger partial charge in [0.05, 0.1) is 0 Å². The van der Waals surface area contributed by atoms with Crippen molar-refractivity contribution in [2.45, 2.75) is 50.9 Å². The Kier molecular flexibility index (Phi) is 3.66. The highest BCUT2D eigenvalue weighted by Gasteiger charge is 2.60. The molecule has 0 aromatic heterocycles. The smallest absolute Gasteiger partial charge is 0.379 e. The number of aliphatic hydroxyl groups is 1. The van der Waals surface area contributed by atoms with Crippen molar-refractivity contribution in [2.75, 3.05) is 6.54 Å². The molecule has 0 unspecified atom stereocenters. The molecule has 1 aliphatic rings. The van der Waals surface area contributed by atoms with Crippen LogP contribution in [-0.4, -0.2) is 29.5 Å². The first kappa shape index (κ1) is 12.8. The quantitative estimate of drug-likeness (QED) is 0.770. The first-order valence-electron chi connectivity index (χ1n) is 5.30. The minimum Gasteiger partial charge on any atom is -0.379 e. The fraction of sp³-hybridized carbons (Fsp3) is 1.00. The van der Waals surface area contributed by atoms with E-state index in [-0.39, 0.29) is 12.3 Å². The maximum atomic E-state index is 12.6. The molecule has 90 valence electrons. The van der Waals surface area contributed by atoms with Crippen LogP contribution >= 0.6 is 0 Å². The third-order valence-electron chi connectivity index (χ3n) is 2.89. The number of hydrogen-bond acceptors (Lipinski definition) is 2. The van der Waals surface area contributed by atoms with Gasteiger partial charge in [-0.15, -0.1) is 0 Å². The number of halogens is 3. The lowest BCUT2D eigenvalue weighted by Crippen LogP contribution is -2.57. The molecule has 0 bridgehead atoms. The highest BCUT2D eigenvalue weighted by atomic mass is 19.4. The second-order valence-electron chi connectivity index (χ2n) is 4.67. The molecule has 1 aliphatic carbocycles. The minimum atomic E-state index is -4.53. The van der Waals surface area contributed by atoms with Gasteiger partial charge in [-0.1, -0.05) is 13.8 Å². The van der Waals surface area contributed by atoms with E-state index in [4.69, 9.17) is 0 Å². The lowest BCUT2D eigenvalue weighted by Gasteiger charge is -2.33. The highest BCUT2D eigenvalue weighted by Crippen LogP contribution is 2.42. The molecule has 0 amide bonds. The Hall–Kier alpha value is -0.290. The molecular weight excluding hydrogens is 207 g/mol. The Morgan fingerprint density at radius 3 is 2.53 bits per heavy atom. The van der Waals surface area contributed by atoms with Crippen LogP contribution in [0.2, 0.25) is 0 Å². The zero-order chi connectivity index (χ0) is 11.7. The van der Waals surface area contributed by atoms with Crippen molar-refractivity contribution >= 4 is 0 Å². The predicted molar refractivity (Wildman–Crippen MR) is 51.5 cm³/mol. The van der Waals surface area contributed by atoms with Crippen LogP contribution in [0.1, 0.15) is 33.1 Å². The molecule has 2 N–H and O–H groups in total. The van der Waals surface area contributed by atoms with Crippen molar-refractivity contribution in [1.82, 2.24) is 5.32 Å². The summed E-state index contributed by atoms with van der Waals surface area (Å²) in [6.45, 7) is 4.35. The number of alkyl halides is 3. The van der Waals surface area contributed by atoms with Gasteiger partial charge in [0.1, 0.15) is 0 Å². The normalized spacial score (nSPS) is 32.6. The van der Waals surface area contributed by atoms with E-state index in [1.165, 1.54) is 0 Å². The molecule has 1 fully saturated rings. The summed E-state index contributed by atoms with van der Waals surface area (Å²) in [5, 5.41) is 12.4. The summed E-state index contributed by atoms with van der Waals surface area (Å²) in [7, 11) is 0. The Balaban J connectivity index is 2.64. The summed E-state index contributed by atoms with van der Waals surface area (Å²) < 4.78 is 37.9. The van der Waals surface area contributed by atoms with Gasteiger partial charge >= 0.3 is 6.18 Å². The highest BCUT2D eigenvalue weighted by molar-refractivity contribution is 5.02. The molecule has 0 radical (unpaired) electrons. The number of rotatable bonds is 3. The van der Waals surface area contributed by atoms with E-state index in [1.807, 2.05) is 13.8 Å². The van der Waals surface area contributed by atoms with E-state index < -0.39 is 17.8 Å². The fourth-order valence-corrected chi connectivity index (χ4v) is 1.98. The van der Waals surface area contributed by atoms with Crippen LogP contribution in [0.4, 0.5) is 13.2 Å². The monoisotopic (exact) mass is 225 g/mol. The van der Waals surface area contributed by atoms with Crippen LogP contribution in [0.25, 0.3) is 0 Å². The van der Waals surface area contributed by atoms with Gasteiger partial charge in [-0.3, -0.25) is 0 Å². The van der Waals surface area contributed by atoms with Crippen LogP contribution in [0.15, 0.2) is 0 Å². The molecule has 0 saturated heterocycles. The van der Waals surface area contributed by atoms with Crippen molar-refractivity contribution < 1.29 is 18.3 Å². The van der Waals surface area contributed by atoms with E-state index in [9.17, 15) is 18.3 Å². The van der Waals surface area contributed by atoms with Crippen molar-refractivity contribution in [2.24, 2.45) is 5.92 Å². The molecule has 0 heterocycles. The Bertz CT molecular complexity index is 217. The van der Waals surface area contributed by atoms with Crippen LogP contribution in [0, 0.1) is 5.92 Å². The molecule has 0 spiro atoms. The van der Waals surface area contributed by atoms with Gasteiger partial charge in [0.25, 0.3) is 0 Å². The summed E-state index contributed by atoms with van der Waals surface area (Å²) in [6.07, 6.45) is -3.90. The summed E-state index contributed by atoms with van der Waals surface area (Å²) in [4.78, 5) is 0. The molecule has 15 heavy (non-hydrogen) atoms. The van der Waals surface area contributed by atoms with Gasteiger partial charge in [-0.05, 0) is 31.7 Å². The Morgan fingerprint density at radius 1 is 1.47 bits per heavy atom. The summed E-state index contributed by atoms with van der Waals surface area (Å²) in [5.74, 6) is 0.281. The van der Waals surface area contributed by atoms with Gasteiger partial charge in [0.2, 0.25) is 0 Å². The van der Waals surface area contributed by atoms with E-state index in [0.29, 0.717) is 19.4 Å². The summed E-state index contributed by atoms with van der Waals surface area (Å²) >= 11 is 0. The number of hydrogen-bond donors (Lipinski definition) is 2. The van der Waals surface area contributed by atoms with Crippen molar-refractivity contribution in [1.29, 1.82) is 0 Å². The second kappa shape index (κ2) is 4.29. The standard InChI is InChI=1S/C10H18F3NO/c1-7(2)6-14-8-4-3-5-9(8,15)10(11,12)13/h7-8,14-15H,3-6H2,1-2H3/t8-,9+/m1/s1. The molecule has 5 heteroatoms. The van der Waals surface area contributed by atoms with Crippen LogP contribution < -0.4 is 5.32 Å². The molecular formula is C10H18F3NO. The molecule has 0 aromatic carbocycles. The Labute approximate surface area is 87.9 Å². The fourth-order valence-electron chi connectivity index (χ4n) is 1.98. The average Bonchev–Trinajstić information content (AvgIpc) is 2.43. The molecule has 0 aliphatic heterocycles. The first-order valence-corrected chi connectivity index (χ1v) is 5.30. The first-order chi connectivity index (χ1) is 6.77. The molecule has 0 aromatic rings. The summed E-state index contributed by atoms with van der Waals surface area (Å²) in [6, 6.07) is -0.847. The zero-order valence-corrected chi connectivity index (χ0v) is 9.06. The predicted octanol–water partition coefficient (Wildman–Crippen LogP) is 2.08. The molecule has 1 rings (SSSR count). The number of nitrogens with one attached hydrogen (secondary N) is 1. The Morgan fingerprint density at radius 2 is 2.07 bits per heavy atom. The summed E-state index contributed by atoms with van der Waals surface area (Å²) in [5.41, 5.74) is -2.53. The van der Waals surface area contributed by atoms with Crippen LogP contribution in [0.3, 0.4) is 0 Å². The average molecular weight is 225 g/mol. The topological polar surface area (TPSA) is 32.3 Å². The van der Waals surface area contributed by atoms with Gasteiger partial charge < -0.3 is 10.4 Å². The molecule has 2 nitrogen and oxygen atoms in total. The lowest BCUT2D eigenvalue weighted by molar-refractivity contribution is -0.264. The maximum absolute atomic E-state index is 12.6. The van der Waals surface area contributed by atoms with E-state index in [0.717, 1.165) is 0 Å². The SMILES string of the molecule is CC(C)CN[C@@H]1CCC[C@@]1(O)C(F)(F)F. The van der Waals surface area contributed by atoms with Gasteiger partial charge in [0, 0.05) is 6.04 Å². The van der Waals surface area contributed by atoms with Gasteiger partial charge in [-0.25, -0.2) is 0 Å². The van der Waals surface area contributed by atoms with Gasteiger partial charge in [0.15, 0.2) is 5.60 Å². The van der Waals surface area contributed by atoms with E-state index >= 15 is 0 Å². The zero-order valence-electron chi connectivity index (χ0n) is 9.06. The van der Waals surface area contributed by atoms with Crippen molar-refractivity contribution in [3.8, 4) is 0 Å². The second-order valence-corrected chi connectivity index (χ2v) is 4.67. The van der Waals surface area contributed by atoms with Crippen LogP contribution in [0.5, 0.6) is 0 Å². The minimum absolute atomic E-state index is 0.188. The largest absolute Gasteiger partial charge is 0.418 e. The van der Waals surface area contributed by atoms with Gasteiger partial charge in [-0.2, -0.15) is 13.2 Å². The lowest BCUT2D eigenvalue weighted by atomic mass is 9.96. The van der Waals surface area contributed by atoms with Crippen LogP contribution in [-0.2, 0) is 0 Å². The molecule has 1 saturated carbocycles. The molecule has 2 atom stereocenters. The third-order valence-corrected chi connectivity index (χ3v) is 2.89. The van der Waals surface area contributed by atoms with E-state index in [2.05, 4.69) is 5.32 Å². The van der Waals surface area contributed by atoms with Crippen molar-refractivity contribution in [3.05, 3.63) is 0 Å².